The molecule has 3 aliphatic rings. The Hall–Kier alpha value is -1.92. The van der Waals surface area contributed by atoms with E-state index in [1.54, 1.807) is 11.9 Å². The fourth-order valence-corrected chi connectivity index (χ4v) is 4.88. The molecule has 0 unspecified atom stereocenters. The van der Waals surface area contributed by atoms with Crippen molar-refractivity contribution in [3.05, 3.63) is 29.3 Å². The van der Waals surface area contributed by atoms with Crippen molar-refractivity contribution in [2.24, 2.45) is 5.92 Å². The quantitative estimate of drug-likeness (QED) is 0.763. The highest BCUT2D eigenvalue weighted by Gasteiger charge is 2.39. The van der Waals surface area contributed by atoms with Crippen LogP contribution in [0.3, 0.4) is 0 Å². The fourth-order valence-electron chi connectivity index (χ4n) is 4.88. The number of fused-ring (bicyclic) bond motifs is 1. The molecule has 1 saturated heterocycles. The van der Waals surface area contributed by atoms with Gasteiger partial charge in [-0.1, -0.05) is 38.2 Å². The van der Waals surface area contributed by atoms with Gasteiger partial charge in [0.15, 0.2) is 5.79 Å². The maximum atomic E-state index is 12.3. The maximum absolute atomic E-state index is 12.3. The van der Waals surface area contributed by atoms with Gasteiger partial charge in [-0.2, -0.15) is 0 Å². The molecule has 2 heterocycles. The van der Waals surface area contributed by atoms with E-state index < -0.39 is 5.79 Å². The highest BCUT2D eigenvalue weighted by molar-refractivity contribution is 6.00. The molecular formula is C23H32N2O4. The summed E-state index contributed by atoms with van der Waals surface area (Å²) in [6.07, 6.45) is 9.08. The molecule has 1 aromatic carbocycles. The van der Waals surface area contributed by atoms with Gasteiger partial charge in [0.05, 0.1) is 19.6 Å². The van der Waals surface area contributed by atoms with Crippen LogP contribution in [0.1, 0.15) is 62.5 Å². The number of likely N-dealkylation sites (N-methyl/N-ethyl adjacent to an activating group) is 1. The molecule has 2 aliphatic heterocycles. The van der Waals surface area contributed by atoms with Gasteiger partial charge in [0.25, 0.3) is 0 Å². The van der Waals surface area contributed by atoms with E-state index in [1.807, 2.05) is 18.2 Å². The second-order valence-corrected chi connectivity index (χ2v) is 8.57. The Morgan fingerprint density at radius 2 is 1.97 bits per heavy atom. The van der Waals surface area contributed by atoms with Crippen LogP contribution in [0.2, 0.25) is 0 Å². The summed E-state index contributed by atoms with van der Waals surface area (Å²) in [6.45, 7) is 1.58. The lowest BCUT2D eigenvalue weighted by atomic mass is 9.86. The van der Waals surface area contributed by atoms with E-state index in [-0.39, 0.29) is 11.8 Å². The van der Waals surface area contributed by atoms with Crippen LogP contribution in [0.15, 0.2) is 18.2 Å². The second-order valence-electron chi connectivity index (χ2n) is 8.57. The van der Waals surface area contributed by atoms with Gasteiger partial charge in [-0.3, -0.25) is 9.59 Å². The average molecular weight is 401 g/mol. The van der Waals surface area contributed by atoms with Gasteiger partial charge in [0.2, 0.25) is 11.8 Å². The SMILES string of the molecule is CN1C(=O)Cc2cc(C3(CCNC(=O)CCC4CCCCC4)OCCO3)ccc21. The number of hydrogen-bond acceptors (Lipinski definition) is 4. The first-order chi connectivity index (χ1) is 14.1. The number of nitrogens with one attached hydrogen (secondary N) is 1. The molecule has 0 bridgehead atoms. The molecule has 1 aromatic rings. The Morgan fingerprint density at radius 1 is 1.21 bits per heavy atom. The number of hydrogen-bond donors (Lipinski definition) is 1. The van der Waals surface area contributed by atoms with Crippen molar-refractivity contribution in [1.29, 1.82) is 0 Å². The first kappa shape index (κ1) is 20.4. The molecule has 4 rings (SSSR count). The van der Waals surface area contributed by atoms with Crippen LogP contribution in [-0.2, 0) is 31.3 Å². The largest absolute Gasteiger partial charge is 0.356 e. The van der Waals surface area contributed by atoms with Gasteiger partial charge in [-0.25, -0.2) is 0 Å². The molecule has 29 heavy (non-hydrogen) atoms. The van der Waals surface area contributed by atoms with E-state index >= 15 is 0 Å². The predicted molar refractivity (Wildman–Crippen MR) is 111 cm³/mol. The smallest absolute Gasteiger partial charge is 0.231 e. The van der Waals surface area contributed by atoms with E-state index in [4.69, 9.17) is 9.47 Å². The second kappa shape index (κ2) is 8.84. The number of nitrogens with zero attached hydrogens (tertiary/aromatic N) is 1. The topological polar surface area (TPSA) is 67.9 Å². The summed E-state index contributed by atoms with van der Waals surface area (Å²) < 4.78 is 12.0. The summed E-state index contributed by atoms with van der Waals surface area (Å²) in [4.78, 5) is 26.0. The minimum Gasteiger partial charge on any atom is -0.356 e. The van der Waals surface area contributed by atoms with Crippen LogP contribution < -0.4 is 10.2 Å². The van der Waals surface area contributed by atoms with Crippen LogP contribution >= 0.6 is 0 Å². The highest BCUT2D eigenvalue weighted by atomic mass is 16.7. The minimum atomic E-state index is -0.837. The van der Waals surface area contributed by atoms with Gasteiger partial charge in [-0.05, 0) is 30.0 Å². The summed E-state index contributed by atoms with van der Waals surface area (Å²) in [5, 5.41) is 3.05. The number of rotatable bonds is 7. The van der Waals surface area contributed by atoms with E-state index in [0.717, 1.165) is 29.2 Å². The van der Waals surface area contributed by atoms with Crippen molar-refractivity contribution in [2.45, 2.75) is 63.6 Å². The van der Waals surface area contributed by atoms with E-state index in [2.05, 4.69) is 5.32 Å². The van der Waals surface area contributed by atoms with E-state index in [1.165, 1.54) is 32.1 Å². The molecule has 2 amide bonds. The zero-order chi connectivity index (χ0) is 20.3. The molecule has 1 saturated carbocycles. The number of amides is 2. The normalized spacial score (nSPS) is 21.4. The van der Waals surface area contributed by atoms with Gasteiger partial charge in [0, 0.05) is 37.7 Å². The number of anilines is 1. The third-order valence-corrected chi connectivity index (χ3v) is 6.63. The molecule has 6 heteroatoms. The lowest BCUT2D eigenvalue weighted by Crippen LogP contribution is -2.34. The van der Waals surface area contributed by atoms with Gasteiger partial charge in [0.1, 0.15) is 0 Å². The Morgan fingerprint density at radius 3 is 2.72 bits per heavy atom. The Balaban J connectivity index is 1.33. The van der Waals surface area contributed by atoms with Crippen LogP contribution in [0.5, 0.6) is 0 Å². The summed E-state index contributed by atoms with van der Waals surface area (Å²) in [5.74, 6) is 0.0970. The Bertz CT molecular complexity index is 751. The Kier molecular flexibility index (Phi) is 6.20. The first-order valence-corrected chi connectivity index (χ1v) is 11.0. The van der Waals surface area contributed by atoms with Crippen molar-refractivity contribution in [1.82, 2.24) is 5.32 Å². The number of benzene rings is 1. The van der Waals surface area contributed by atoms with Crippen LogP contribution in [0, 0.1) is 5.92 Å². The first-order valence-electron chi connectivity index (χ1n) is 11.0. The monoisotopic (exact) mass is 400 g/mol. The van der Waals surface area contributed by atoms with Crippen molar-refractivity contribution in [3.63, 3.8) is 0 Å². The molecule has 0 spiro atoms. The van der Waals surface area contributed by atoms with E-state index in [9.17, 15) is 9.59 Å². The minimum absolute atomic E-state index is 0.102. The van der Waals surface area contributed by atoms with Crippen LogP contribution in [0.4, 0.5) is 5.69 Å². The van der Waals surface area contributed by atoms with Crippen LogP contribution in [0.25, 0.3) is 0 Å². The van der Waals surface area contributed by atoms with Gasteiger partial charge < -0.3 is 19.7 Å². The molecule has 1 N–H and O–H groups in total. The summed E-state index contributed by atoms with van der Waals surface area (Å²) >= 11 is 0. The lowest BCUT2D eigenvalue weighted by Gasteiger charge is -2.28. The van der Waals surface area contributed by atoms with Gasteiger partial charge >= 0.3 is 0 Å². The molecule has 0 aromatic heterocycles. The predicted octanol–water partition coefficient (Wildman–Crippen LogP) is 3.27. The lowest BCUT2D eigenvalue weighted by molar-refractivity contribution is -0.170. The van der Waals surface area contributed by atoms with Gasteiger partial charge in [-0.15, -0.1) is 0 Å². The van der Waals surface area contributed by atoms with E-state index in [0.29, 0.717) is 39.0 Å². The van der Waals surface area contributed by atoms with Crippen molar-refractivity contribution in [2.75, 3.05) is 31.7 Å². The summed E-state index contributed by atoms with van der Waals surface area (Å²) in [7, 11) is 1.80. The van der Waals surface area contributed by atoms with Crippen molar-refractivity contribution >= 4 is 17.5 Å². The number of carbonyl (C=O) groups is 2. The third kappa shape index (κ3) is 4.48. The average Bonchev–Trinajstić information content (AvgIpc) is 3.32. The zero-order valence-corrected chi connectivity index (χ0v) is 17.4. The Labute approximate surface area is 172 Å². The molecule has 1 aliphatic carbocycles. The molecule has 6 nitrogen and oxygen atoms in total. The number of ether oxygens (including phenoxy) is 2. The van der Waals surface area contributed by atoms with Crippen molar-refractivity contribution in [3.8, 4) is 0 Å². The number of carbonyl (C=O) groups excluding carboxylic acids is 2. The molecule has 2 fully saturated rings. The molecule has 0 radical (unpaired) electrons. The highest BCUT2D eigenvalue weighted by Crippen LogP contribution is 2.38. The van der Waals surface area contributed by atoms with Crippen LogP contribution in [-0.4, -0.2) is 38.6 Å². The summed E-state index contributed by atoms with van der Waals surface area (Å²) in [5.41, 5.74) is 2.88. The standard InChI is InChI=1S/C23H32N2O4/c1-25-20-9-8-19(15-18(20)16-22(25)27)23(28-13-14-29-23)11-12-24-21(26)10-7-17-5-3-2-4-6-17/h8-9,15,17H,2-7,10-14,16H2,1H3,(H,24,26). The maximum Gasteiger partial charge on any atom is 0.231 e. The molecule has 158 valence electrons. The summed E-state index contributed by atoms with van der Waals surface area (Å²) in [6, 6.07) is 5.96. The van der Waals surface area contributed by atoms with Crippen molar-refractivity contribution < 1.29 is 19.1 Å². The fraction of sp³-hybridized carbons (Fsp3) is 0.652. The zero-order valence-electron chi connectivity index (χ0n) is 17.4. The molecular weight excluding hydrogens is 368 g/mol. The molecule has 0 atom stereocenters. The third-order valence-electron chi connectivity index (χ3n) is 6.63.